The van der Waals surface area contributed by atoms with Crippen LogP contribution in [0.3, 0.4) is 0 Å². The van der Waals surface area contributed by atoms with E-state index in [-0.39, 0.29) is 17.3 Å². The van der Waals surface area contributed by atoms with Crippen molar-refractivity contribution in [1.29, 1.82) is 0 Å². The fourth-order valence-electron chi connectivity index (χ4n) is 3.95. The van der Waals surface area contributed by atoms with Gasteiger partial charge in [-0.3, -0.25) is 9.10 Å². The summed E-state index contributed by atoms with van der Waals surface area (Å²) in [5, 5.41) is 3.30. The van der Waals surface area contributed by atoms with Gasteiger partial charge in [-0.25, -0.2) is 8.42 Å². The molecule has 6 nitrogen and oxygen atoms in total. The Morgan fingerprint density at radius 1 is 1.06 bits per heavy atom. The molecule has 1 aliphatic heterocycles. The van der Waals surface area contributed by atoms with Crippen molar-refractivity contribution >= 4 is 33.2 Å². The van der Waals surface area contributed by atoms with E-state index in [1.54, 1.807) is 43.3 Å². The van der Waals surface area contributed by atoms with Crippen LogP contribution in [0.5, 0.6) is 0 Å². The fraction of sp³-hybridized carbons (Fsp3) is 0.458. The van der Waals surface area contributed by atoms with Crippen LogP contribution in [0.1, 0.15) is 37.7 Å². The fourth-order valence-corrected chi connectivity index (χ4v) is 5.61. The van der Waals surface area contributed by atoms with Crippen LogP contribution in [0.4, 0.5) is 5.69 Å². The minimum absolute atomic E-state index is 0.133. The average molecular weight is 478 g/mol. The van der Waals surface area contributed by atoms with Crippen molar-refractivity contribution in [3.05, 3.63) is 59.1 Å². The maximum Gasteiger partial charge on any atom is 0.264 e. The predicted molar refractivity (Wildman–Crippen MR) is 130 cm³/mol. The molecule has 1 saturated heterocycles. The average Bonchev–Trinajstić information content (AvgIpc) is 3.06. The summed E-state index contributed by atoms with van der Waals surface area (Å²) in [5.74, 6) is -0.334. The molecule has 1 amide bonds. The number of amides is 1. The van der Waals surface area contributed by atoms with Crippen LogP contribution < -0.4 is 9.62 Å². The first-order valence-corrected chi connectivity index (χ1v) is 13.0. The molecule has 8 heteroatoms. The lowest BCUT2D eigenvalue weighted by Gasteiger charge is -2.26. The summed E-state index contributed by atoms with van der Waals surface area (Å²) in [4.78, 5) is 15.3. The first kappa shape index (κ1) is 24.6. The third-order valence-corrected chi connectivity index (χ3v) is 7.74. The lowest BCUT2D eigenvalue weighted by atomic mass is 10.2. The highest BCUT2D eigenvalue weighted by Gasteiger charge is 2.28. The highest BCUT2D eigenvalue weighted by atomic mass is 35.5. The zero-order valence-electron chi connectivity index (χ0n) is 18.6. The molecule has 1 N–H and O–H groups in total. The molecule has 0 atom stereocenters. The van der Waals surface area contributed by atoms with E-state index in [2.05, 4.69) is 10.2 Å². The van der Waals surface area contributed by atoms with E-state index in [9.17, 15) is 13.2 Å². The molecule has 0 spiro atoms. The van der Waals surface area contributed by atoms with Gasteiger partial charge in [0, 0.05) is 11.6 Å². The van der Waals surface area contributed by atoms with Crippen molar-refractivity contribution in [2.24, 2.45) is 0 Å². The van der Waals surface area contributed by atoms with Gasteiger partial charge in [-0.15, -0.1) is 0 Å². The Morgan fingerprint density at radius 3 is 2.44 bits per heavy atom. The van der Waals surface area contributed by atoms with Crippen molar-refractivity contribution in [2.45, 2.75) is 43.9 Å². The van der Waals surface area contributed by atoms with Crippen molar-refractivity contribution in [3.63, 3.8) is 0 Å². The summed E-state index contributed by atoms with van der Waals surface area (Å²) in [6, 6.07) is 13.2. The number of anilines is 1. The van der Waals surface area contributed by atoms with Gasteiger partial charge >= 0.3 is 0 Å². The second-order valence-corrected chi connectivity index (χ2v) is 10.5. The zero-order chi connectivity index (χ0) is 23.0. The van der Waals surface area contributed by atoms with Crippen LogP contribution in [-0.2, 0) is 14.8 Å². The van der Waals surface area contributed by atoms with E-state index in [0.717, 1.165) is 35.9 Å². The third-order valence-electron chi connectivity index (χ3n) is 5.73. The van der Waals surface area contributed by atoms with Crippen LogP contribution in [-0.4, -0.2) is 51.9 Å². The number of benzene rings is 2. The molecule has 0 radical (unpaired) electrons. The summed E-state index contributed by atoms with van der Waals surface area (Å²) < 4.78 is 27.9. The molecule has 32 heavy (non-hydrogen) atoms. The van der Waals surface area contributed by atoms with Gasteiger partial charge in [0.15, 0.2) is 0 Å². The normalized spacial score (nSPS) is 15.2. The number of rotatable bonds is 9. The SMILES string of the molecule is Cc1ccc(Cl)cc1N(CC(=O)NCCCN1CCCCCC1)S(=O)(=O)c1ccccc1. The highest BCUT2D eigenvalue weighted by Crippen LogP contribution is 2.29. The summed E-state index contributed by atoms with van der Waals surface area (Å²) in [7, 11) is -3.93. The van der Waals surface area contributed by atoms with Crippen LogP contribution in [0.15, 0.2) is 53.4 Å². The molecule has 0 unspecified atom stereocenters. The van der Waals surface area contributed by atoms with E-state index in [1.807, 2.05) is 0 Å². The summed E-state index contributed by atoms with van der Waals surface area (Å²) in [6.45, 7) is 5.19. The lowest BCUT2D eigenvalue weighted by Crippen LogP contribution is -2.42. The predicted octanol–water partition coefficient (Wildman–Crippen LogP) is 4.23. The largest absolute Gasteiger partial charge is 0.354 e. The Hall–Kier alpha value is -2.09. The van der Waals surface area contributed by atoms with E-state index in [1.165, 1.54) is 37.8 Å². The highest BCUT2D eigenvalue weighted by molar-refractivity contribution is 7.92. The lowest BCUT2D eigenvalue weighted by molar-refractivity contribution is -0.119. The maximum absolute atomic E-state index is 13.4. The number of hydrogen-bond donors (Lipinski definition) is 1. The van der Waals surface area contributed by atoms with E-state index >= 15 is 0 Å². The Balaban J connectivity index is 1.68. The minimum atomic E-state index is -3.93. The Morgan fingerprint density at radius 2 is 1.75 bits per heavy atom. The number of aryl methyl sites for hydroxylation is 1. The van der Waals surface area contributed by atoms with Gasteiger partial charge < -0.3 is 10.2 Å². The number of sulfonamides is 1. The van der Waals surface area contributed by atoms with E-state index in [0.29, 0.717) is 17.3 Å². The molecule has 3 rings (SSSR count). The molecular weight excluding hydrogens is 446 g/mol. The van der Waals surface area contributed by atoms with Gasteiger partial charge in [-0.2, -0.15) is 0 Å². The number of carbonyl (C=O) groups excluding carboxylic acids is 1. The Labute approximate surface area is 196 Å². The van der Waals surface area contributed by atoms with Gasteiger partial charge in [0.2, 0.25) is 5.91 Å². The van der Waals surface area contributed by atoms with Gasteiger partial charge in [0.1, 0.15) is 6.54 Å². The van der Waals surface area contributed by atoms with Crippen molar-refractivity contribution < 1.29 is 13.2 Å². The van der Waals surface area contributed by atoms with E-state index in [4.69, 9.17) is 11.6 Å². The minimum Gasteiger partial charge on any atom is -0.354 e. The molecule has 2 aromatic carbocycles. The van der Waals surface area contributed by atoms with Crippen LogP contribution in [0.2, 0.25) is 5.02 Å². The number of likely N-dealkylation sites (tertiary alicyclic amines) is 1. The smallest absolute Gasteiger partial charge is 0.264 e. The quantitative estimate of drug-likeness (QED) is 0.549. The molecule has 0 aliphatic carbocycles. The van der Waals surface area contributed by atoms with Crippen LogP contribution in [0, 0.1) is 6.92 Å². The molecule has 2 aromatic rings. The molecule has 0 aromatic heterocycles. The number of nitrogens with zero attached hydrogens (tertiary/aromatic N) is 2. The number of hydrogen-bond acceptors (Lipinski definition) is 4. The first-order valence-electron chi connectivity index (χ1n) is 11.2. The summed E-state index contributed by atoms with van der Waals surface area (Å²) in [6.07, 6.45) is 5.90. The molecule has 1 heterocycles. The van der Waals surface area contributed by atoms with Crippen molar-refractivity contribution in [1.82, 2.24) is 10.2 Å². The van der Waals surface area contributed by atoms with Gasteiger partial charge in [0.05, 0.1) is 10.6 Å². The molecule has 174 valence electrons. The van der Waals surface area contributed by atoms with Gasteiger partial charge in [0.25, 0.3) is 10.0 Å². The number of nitrogens with one attached hydrogen (secondary N) is 1. The third kappa shape index (κ3) is 6.70. The molecule has 1 fully saturated rings. The first-order chi connectivity index (χ1) is 15.4. The van der Waals surface area contributed by atoms with Crippen molar-refractivity contribution in [2.75, 3.05) is 37.0 Å². The van der Waals surface area contributed by atoms with Crippen LogP contribution >= 0.6 is 11.6 Å². The summed E-state index contributed by atoms with van der Waals surface area (Å²) >= 11 is 6.15. The Kier molecular flexibility index (Phi) is 8.96. The Bertz CT molecular complexity index is 991. The molecular formula is C24H32ClN3O3S. The van der Waals surface area contributed by atoms with Gasteiger partial charge in [-0.1, -0.05) is 48.7 Å². The maximum atomic E-state index is 13.4. The van der Waals surface area contributed by atoms with Gasteiger partial charge in [-0.05, 0) is 75.6 Å². The zero-order valence-corrected chi connectivity index (χ0v) is 20.2. The van der Waals surface area contributed by atoms with Crippen molar-refractivity contribution in [3.8, 4) is 0 Å². The summed E-state index contributed by atoms with van der Waals surface area (Å²) in [5.41, 5.74) is 1.13. The molecule has 1 aliphatic rings. The number of halogens is 1. The van der Waals surface area contributed by atoms with E-state index < -0.39 is 10.0 Å². The second-order valence-electron chi connectivity index (χ2n) is 8.21. The monoisotopic (exact) mass is 477 g/mol. The van der Waals surface area contributed by atoms with Crippen LogP contribution in [0.25, 0.3) is 0 Å². The molecule has 0 saturated carbocycles. The second kappa shape index (κ2) is 11.7. The number of carbonyl (C=O) groups is 1. The standard InChI is InChI=1S/C24H32ClN3O3S/c1-20-12-13-21(25)18-23(20)28(32(30,31)22-10-5-4-6-11-22)19-24(29)26-14-9-17-27-15-7-2-3-8-16-27/h4-6,10-13,18H,2-3,7-9,14-17,19H2,1H3,(H,26,29). The topological polar surface area (TPSA) is 69.7 Å². The molecule has 0 bridgehead atoms.